The molecule has 17 aromatic rings. The fourth-order valence-corrected chi connectivity index (χ4v) is 17.9. The molecule has 414 valence electrons. The second kappa shape index (κ2) is 19.0. The van der Waals surface area contributed by atoms with Crippen LogP contribution in [-0.2, 0) is 0 Å². The molecular weight excluding hydrogens is 1150 g/mol. The molecule has 0 radical (unpaired) electrons. The normalized spacial score (nSPS) is 13.0. The van der Waals surface area contributed by atoms with Gasteiger partial charge in [0.1, 0.15) is 22.3 Å². The number of anilines is 3. The maximum absolute atomic E-state index is 6.51. The van der Waals surface area contributed by atoms with Crippen LogP contribution in [0.1, 0.15) is 0 Å². The van der Waals surface area contributed by atoms with Gasteiger partial charge in [0, 0.05) is 83.8 Å². The van der Waals surface area contributed by atoms with E-state index in [-0.39, 0.29) is 0 Å². The molecule has 3 aliphatic rings. The second-order valence-electron chi connectivity index (χ2n) is 23.2. The summed E-state index contributed by atoms with van der Waals surface area (Å²) in [6.07, 6.45) is 0. The highest BCUT2D eigenvalue weighted by molar-refractivity contribution is 8.01. The van der Waals surface area contributed by atoms with Crippen molar-refractivity contribution in [3.63, 3.8) is 0 Å². The highest BCUT2D eigenvalue weighted by Gasteiger charge is 2.40. The van der Waals surface area contributed by atoms with E-state index in [0.29, 0.717) is 5.95 Å². The molecule has 0 saturated carbocycles. The van der Waals surface area contributed by atoms with E-state index in [4.69, 9.17) is 18.8 Å². The summed E-state index contributed by atoms with van der Waals surface area (Å²) in [5.41, 5.74) is 23.8. The van der Waals surface area contributed by atoms with Crippen LogP contribution in [0, 0.1) is 0 Å². The first kappa shape index (κ1) is 49.6. The Morgan fingerprint density at radius 1 is 0.281 bits per heavy atom. The Labute approximate surface area is 522 Å². The van der Waals surface area contributed by atoms with E-state index in [1.807, 2.05) is 47.4 Å². The van der Waals surface area contributed by atoms with Crippen LogP contribution >= 0.6 is 35.3 Å². The number of hydrogen-bond donors (Lipinski definition) is 0. The number of nitrogens with zero attached hydrogens (tertiary/aromatic N) is 4. The summed E-state index contributed by atoms with van der Waals surface area (Å²) in [7, 11) is 0. The van der Waals surface area contributed by atoms with Crippen molar-refractivity contribution in [1.29, 1.82) is 0 Å². The molecule has 4 aromatic heterocycles. The second-order valence-corrected chi connectivity index (χ2v) is 26.4. The van der Waals surface area contributed by atoms with Crippen LogP contribution < -0.4 is 4.90 Å². The van der Waals surface area contributed by atoms with E-state index in [1.165, 1.54) is 63.1 Å². The lowest BCUT2D eigenvalue weighted by Gasteiger charge is -2.43. The van der Waals surface area contributed by atoms with Crippen molar-refractivity contribution >= 4 is 129 Å². The van der Waals surface area contributed by atoms with Gasteiger partial charge in [0.25, 0.3) is 0 Å². The average molecular weight is 1190 g/mol. The summed E-state index contributed by atoms with van der Waals surface area (Å²) < 4.78 is 15.3. The van der Waals surface area contributed by atoms with E-state index in [1.54, 1.807) is 0 Å². The summed E-state index contributed by atoms with van der Waals surface area (Å²) in [6.45, 7) is 0. The number of aromatic nitrogens is 3. The molecule has 0 fully saturated rings. The molecule has 0 amide bonds. The summed E-state index contributed by atoms with van der Waals surface area (Å²) in [6, 6.07) is 96.6. The van der Waals surface area contributed by atoms with Crippen LogP contribution in [0.3, 0.4) is 0 Å². The molecule has 13 aromatic carbocycles. The van der Waals surface area contributed by atoms with Crippen molar-refractivity contribution in [1.82, 2.24) is 14.5 Å². The van der Waals surface area contributed by atoms with Gasteiger partial charge in [-0.1, -0.05) is 229 Å². The van der Waals surface area contributed by atoms with E-state index in [9.17, 15) is 0 Å². The van der Waals surface area contributed by atoms with Crippen LogP contribution in [-0.4, -0.2) is 14.5 Å². The van der Waals surface area contributed by atoms with Gasteiger partial charge >= 0.3 is 0 Å². The van der Waals surface area contributed by atoms with Crippen LogP contribution in [0.2, 0.25) is 0 Å². The first-order chi connectivity index (χ1) is 44.1. The lowest BCUT2D eigenvalue weighted by atomic mass is 9.97. The van der Waals surface area contributed by atoms with Gasteiger partial charge in [-0.3, -0.25) is 4.57 Å². The molecule has 0 atom stereocenters. The van der Waals surface area contributed by atoms with Gasteiger partial charge in [-0.15, -0.1) is 0 Å². The van der Waals surface area contributed by atoms with Crippen LogP contribution in [0.5, 0.6) is 0 Å². The Morgan fingerprint density at radius 2 is 0.708 bits per heavy atom. The zero-order valence-electron chi connectivity index (χ0n) is 47.2. The Hall–Kier alpha value is -10.6. The number of fused-ring (bicyclic) bond motifs is 10. The lowest BCUT2D eigenvalue weighted by molar-refractivity contribution is 0.669. The number of para-hydroxylation sites is 6. The maximum Gasteiger partial charge on any atom is 0.235 e. The molecule has 7 heterocycles. The largest absolute Gasteiger partial charge is 0.455 e. The predicted octanol–water partition coefficient (Wildman–Crippen LogP) is 23.4. The quantitative estimate of drug-likeness (QED) is 0.156. The highest BCUT2D eigenvalue weighted by Crippen LogP contribution is 2.68. The Kier molecular flexibility index (Phi) is 10.6. The number of hydrogen-bond acceptors (Lipinski definition) is 8. The summed E-state index contributed by atoms with van der Waals surface area (Å²) >= 11 is 5.67. The number of rotatable bonds is 7. The van der Waals surface area contributed by atoms with Crippen molar-refractivity contribution in [2.75, 3.05) is 4.90 Å². The summed E-state index contributed by atoms with van der Waals surface area (Å²) in [5.74, 6) is 0.648. The van der Waals surface area contributed by atoms with Crippen molar-refractivity contribution in [3.05, 3.63) is 267 Å². The summed E-state index contributed by atoms with van der Waals surface area (Å²) in [5, 5.41) is 7.85. The molecule has 0 saturated heterocycles. The van der Waals surface area contributed by atoms with Crippen molar-refractivity contribution in [2.45, 2.75) is 29.4 Å². The highest BCUT2D eigenvalue weighted by atomic mass is 32.2. The molecule has 0 aliphatic carbocycles. The zero-order chi connectivity index (χ0) is 58.0. The number of furan rings is 2. The van der Waals surface area contributed by atoms with Crippen LogP contribution in [0.4, 0.5) is 17.1 Å². The Balaban J connectivity index is 0.729. The molecule has 0 unspecified atom stereocenters. The van der Waals surface area contributed by atoms with Gasteiger partial charge < -0.3 is 13.7 Å². The van der Waals surface area contributed by atoms with Crippen molar-refractivity contribution in [3.8, 4) is 72.8 Å². The van der Waals surface area contributed by atoms with Crippen LogP contribution in [0.25, 0.3) is 149 Å². The molecule has 0 bridgehead atoms. The first-order valence-electron chi connectivity index (χ1n) is 29.8. The third-order valence-electron chi connectivity index (χ3n) is 18.2. The van der Waals surface area contributed by atoms with E-state index < -0.39 is 0 Å². The van der Waals surface area contributed by atoms with Crippen molar-refractivity contribution in [2.24, 2.45) is 0 Å². The third kappa shape index (κ3) is 7.50. The van der Waals surface area contributed by atoms with Gasteiger partial charge in [-0.25, -0.2) is 9.97 Å². The van der Waals surface area contributed by atoms with Crippen molar-refractivity contribution < 1.29 is 8.83 Å². The predicted molar refractivity (Wildman–Crippen MR) is 368 cm³/mol. The van der Waals surface area contributed by atoms with Gasteiger partial charge in [0.05, 0.1) is 39.3 Å². The summed E-state index contributed by atoms with van der Waals surface area (Å²) in [4.78, 5) is 20.7. The minimum Gasteiger partial charge on any atom is -0.455 e. The fraction of sp³-hybridized carbons (Fsp3) is 0. The van der Waals surface area contributed by atoms with Gasteiger partial charge in [0.2, 0.25) is 5.95 Å². The smallest absolute Gasteiger partial charge is 0.235 e. The first-order valence-corrected chi connectivity index (χ1v) is 32.3. The van der Waals surface area contributed by atoms with Gasteiger partial charge in [0.15, 0.2) is 0 Å². The number of benzene rings is 13. The van der Waals surface area contributed by atoms with Gasteiger partial charge in [-0.05, 0) is 117 Å². The molecule has 0 spiro atoms. The molecule has 20 rings (SSSR count). The average Bonchev–Trinajstić information content (AvgIpc) is 1.50. The molecule has 3 aliphatic heterocycles. The minimum absolute atomic E-state index is 0.648. The monoisotopic (exact) mass is 1190 g/mol. The van der Waals surface area contributed by atoms with E-state index >= 15 is 0 Å². The molecule has 6 nitrogen and oxygen atoms in total. The van der Waals surface area contributed by atoms with E-state index in [0.717, 1.165) is 127 Å². The molecular formula is C80H44N4O2S3. The SMILES string of the molecule is c1ccc(-c2nc(-n3c4ccccc4c4cc(-c5cc6c7c(c5)Sc5cc(-c8ccc(-c9cccc%10c9oc9ccccc9%10)cc8)cc8c5N7c5c(cc(-c7ccc(-c9cccc%10c9oc9ccccc9%10)cc7)cc5S6)S8)ccc43)nc3ccccc23)cc1. The van der Waals surface area contributed by atoms with Gasteiger partial charge in [-0.2, -0.15) is 0 Å². The van der Waals surface area contributed by atoms with Crippen LogP contribution in [0.15, 0.2) is 305 Å². The topological polar surface area (TPSA) is 60.2 Å². The van der Waals surface area contributed by atoms with E-state index in [2.05, 4.69) is 264 Å². The minimum atomic E-state index is 0.648. The maximum atomic E-state index is 6.51. The Morgan fingerprint density at radius 3 is 1.26 bits per heavy atom. The molecule has 9 heteroatoms. The fourth-order valence-electron chi connectivity index (χ4n) is 14.0. The molecule has 0 N–H and O–H groups in total. The molecule has 89 heavy (non-hydrogen) atoms. The lowest BCUT2D eigenvalue weighted by Crippen LogP contribution is -2.23. The standard InChI is InChI=1S/C80H44N4O2S3/c1-2-14-49(15-3-1)74-61-19-4-8-24-63(61)81-80(82-74)83-64-25-9-5-16-56(64)62-38-50(36-37-65(62)83)53-43-72-77-73(44-53)89-71-42-52(46-30-34-48(35-31-46)55-21-13-23-60-58-18-7-11-27-67(58)86-79(55)60)40-69-76(71)84(77)75-68(87-69)39-51(41-70(75)88-72)45-28-32-47(33-29-45)54-20-12-22-59-57-17-6-10-26-66(57)85-78(54)59/h1-44H. The third-order valence-corrected chi connectivity index (χ3v) is 21.3. The zero-order valence-corrected chi connectivity index (χ0v) is 49.7. The Bertz CT molecular complexity index is 5670.